The van der Waals surface area contributed by atoms with Crippen molar-refractivity contribution in [2.75, 3.05) is 0 Å². The zero-order valence-corrected chi connectivity index (χ0v) is 9.94. The number of hydrogen-bond donors (Lipinski definition) is 1. The Labute approximate surface area is 103 Å². The van der Waals surface area contributed by atoms with Crippen LogP contribution < -0.4 is 4.43 Å². The predicted octanol–water partition coefficient (Wildman–Crippen LogP) is 2.33. The van der Waals surface area contributed by atoms with Crippen LogP contribution in [0.2, 0.25) is 5.02 Å². The first kappa shape index (κ1) is 10.6. The predicted molar refractivity (Wildman–Crippen MR) is 64.1 cm³/mol. The molecule has 3 rings (SSSR count). The average molecular weight is 252 g/mol. The van der Waals surface area contributed by atoms with Gasteiger partial charge in [-0.2, -0.15) is 4.73 Å². The van der Waals surface area contributed by atoms with Crippen molar-refractivity contribution in [3.63, 3.8) is 0 Å². The monoisotopic (exact) mass is 251 g/mol. The van der Waals surface area contributed by atoms with Gasteiger partial charge in [0.1, 0.15) is 5.69 Å². The molecule has 1 heterocycles. The zero-order valence-electron chi connectivity index (χ0n) is 9.19. The molecule has 0 unspecified atom stereocenters. The van der Waals surface area contributed by atoms with E-state index in [1.165, 1.54) is 0 Å². The highest BCUT2D eigenvalue weighted by Crippen LogP contribution is 2.23. The lowest BCUT2D eigenvalue weighted by Gasteiger charge is -2.13. The molecule has 88 valence electrons. The first-order valence-corrected chi connectivity index (χ1v) is 6.04. The number of benzene rings is 1. The molecule has 0 saturated carbocycles. The van der Waals surface area contributed by atoms with E-state index in [0.717, 1.165) is 34.8 Å². The highest BCUT2D eigenvalue weighted by molar-refractivity contribution is 6.31. The Bertz CT molecular complexity index is 664. The fourth-order valence-electron chi connectivity index (χ4n) is 2.45. The molecule has 0 bridgehead atoms. The molecule has 0 saturated heterocycles. The number of fused-ring (bicyclic) bond motifs is 2. The summed E-state index contributed by atoms with van der Waals surface area (Å²) >= 11 is 5.89. The summed E-state index contributed by atoms with van der Waals surface area (Å²) in [6, 6.07) is 4.92. The normalized spacial score (nSPS) is 14.9. The van der Waals surface area contributed by atoms with Gasteiger partial charge >= 0.3 is 0 Å². The van der Waals surface area contributed by atoms with Gasteiger partial charge in [0.05, 0.1) is 4.43 Å². The van der Waals surface area contributed by atoms with Crippen molar-refractivity contribution in [3.05, 3.63) is 39.5 Å². The standard InChI is InChI=1S/C12H12ClN2O2/c13-8-5-6-11-12(7-8)15(17)10-4-2-1-3-9(10)14(11)16/h5-7,17H,1-4H2/q+1. The van der Waals surface area contributed by atoms with Gasteiger partial charge in [-0.15, -0.1) is 0 Å². The maximum Gasteiger partial charge on any atom is 0.290 e. The summed E-state index contributed by atoms with van der Waals surface area (Å²) in [6.45, 7) is 0. The highest BCUT2D eigenvalue weighted by Gasteiger charge is 2.27. The van der Waals surface area contributed by atoms with Crippen LogP contribution >= 0.6 is 11.6 Å². The Hall–Kier alpha value is -1.55. The minimum atomic E-state index is 0.456. The van der Waals surface area contributed by atoms with Crippen LogP contribution in [-0.2, 0) is 12.8 Å². The van der Waals surface area contributed by atoms with E-state index in [1.54, 1.807) is 18.2 Å². The number of aromatic nitrogens is 2. The second kappa shape index (κ2) is 3.74. The van der Waals surface area contributed by atoms with Crippen LogP contribution in [0.15, 0.2) is 18.2 Å². The molecular weight excluding hydrogens is 240 g/mol. The van der Waals surface area contributed by atoms with E-state index in [9.17, 15) is 10.1 Å². The summed E-state index contributed by atoms with van der Waals surface area (Å²) in [6.07, 6.45) is 3.45. The summed E-state index contributed by atoms with van der Waals surface area (Å²) in [4.78, 5) is 12.2. The van der Waals surface area contributed by atoms with Gasteiger partial charge in [0.25, 0.3) is 11.2 Å². The van der Waals surface area contributed by atoms with Gasteiger partial charge in [0, 0.05) is 22.4 Å². The van der Waals surface area contributed by atoms with E-state index in [0.29, 0.717) is 27.4 Å². The van der Waals surface area contributed by atoms with Gasteiger partial charge in [-0.1, -0.05) is 11.6 Å². The van der Waals surface area contributed by atoms with Crippen LogP contribution in [0.3, 0.4) is 0 Å². The van der Waals surface area contributed by atoms with E-state index >= 15 is 0 Å². The fourth-order valence-corrected chi connectivity index (χ4v) is 2.62. The number of nitrogens with zero attached hydrogens (tertiary/aromatic N) is 2. The summed E-state index contributed by atoms with van der Waals surface area (Å²) in [5.41, 5.74) is 2.31. The third kappa shape index (κ3) is 1.52. The van der Waals surface area contributed by atoms with Crippen LogP contribution in [0.1, 0.15) is 24.2 Å². The maximum absolute atomic E-state index is 12.2. The van der Waals surface area contributed by atoms with Crippen molar-refractivity contribution in [2.45, 2.75) is 25.7 Å². The molecule has 2 aromatic rings. The molecule has 0 fully saturated rings. The molecule has 17 heavy (non-hydrogen) atoms. The minimum absolute atomic E-state index is 0.456. The summed E-state index contributed by atoms with van der Waals surface area (Å²) in [5, 5.41) is 10.7. The lowest BCUT2D eigenvalue weighted by Crippen LogP contribution is -2.30. The molecule has 0 atom stereocenters. The maximum atomic E-state index is 12.2. The third-order valence-electron chi connectivity index (χ3n) is 3.30. The molecule has 1 N–H and O–H groups in total. The first-order chi connectivity index (χ1) is 8.18. The molecule has 4 nitrogen and oxygen atoms in total. The molecule has 1 aliphatic carbocycles. The highest BCUT2D eigenvalue weighted by atomic mass is 35.5. The molecule has 0 aliphatic heterocycles. The molecule has 0 amide bonds. The number of halogens is 1. The Kier molecular flexibility index (Phi) is 2.33. The zero-order chi connectivity index (χ0) is 12.0. The summed E-state index contributed by atoms with van der Waals surface area (Å²) in [7, 11) is 0. The summed E-state index contributed by atoms with van der Waals surface area (Å²) in [5.74, 6) is 0. The van der Waals surface area contributed by atoms with Crippen molar-refractivity contribution >= 4 is 22.6 Å². The third-order valence-corrected chi connectivity index (χ3v) is 3.53. The van der Waals surface area contributed by atoms with Crippen molar-refractivity contribution in [2.24, 2.45) is 0 Å². The van der Waals surface area contributed by atoms with E-state index in [1.807, 2.05) is 0 Å². The average Bonchev–Trinajstić information content (AvgIpc) is 2.36. The second-order valence-electron chi connectivity index (χ2n) is 4.34. The molecule has 1 aromatic heterocycles. The Morgan fingerprint density at radius 1 is 1.29 bits per heavy atom. The van der Waals surface area contributed by atoms with Gasteiger partial charge in [0.15, 0.2) is 5.52 Å². The van der Waals surface area contributed by atoms with E-state index < -0.39 is 0 Å². The first-order valence-electron chi connectivity index (χ1n) is 5.66. The van der Waals surface area contributed by atoms with Crippen molar-refractivity contribution in [1.29, 1.82) is 0 Å². The Morgan fingerprint density at radius 2 is 2.06 bits per heavy atom. The molecule has 1 aromatic carbocycles. The van der Waals surface area contributed by atoms with E-state index in [2.05, 4.69) is 0 Å². The minimum Gasteiger partial charge on any atom is -0.428 e. The number of hydrogen-bond acceptors (Lipinski definition) is 2. The molecular formula is C12H12ClN2O2+. The lowest BCUT2D eigenvalue weighted by atomic mass is 10.00. The van der Waals surface area contributed by atoms with Gasteiger partial charge in [-0.3, -0.25) is 0 Å². The Morgan fingerprint density at radius 3 is 2.88 bits per heavy atom. The van der Waals surface area contributed by atoms with E-state index in [-0.39, 0.29) is 0 Å². The second-order valence-corrected chi connectivity index (χ2v) is 4.78. The largest absolute Gasteiger partial charge is 0.428 e. The van der Waals surface area contributed by atoms with Crippen molar-refractivity contribution < 1.29 is 9.63 Å². The van der Waals surface area contributed by atoms with Gasteiger partial charge in [-0.25, -0.2) is 0 Å². The van der Waals surface area contributed by atoms with Crippen LogP contribution in [0.5, 0.6) is 0 Å². The van der Waals surface area contributed by atoms with Crippen molar-refractivity contribution in [1.82, 2.24) is 4.73 Å². The van der Waals surface area contributed by atoms with Crippen LogP contribution in [0.25, 0.3) is 11.0 Å². The molecule has 1 aliphatic rings. The Balaban J connectivity index is 2.47. The molecule has 0 spiro atoms. The molecule has 5 heteroatoms. The summed E-state index contributed by atoms with van der Waals surface area (Å²) < 4.78 is 2.04. The SMILES string of the molecule is O=[n+]1c2c(n(O)c3cc(Cl)ccc31)CCCC2. The topological polar surface area (TPSA) is 48.1 Å². The smallest absolute Gasteiger partial charge is 0.290 e. The quantitative estimate of drug-likeness (QED) is 0.577. The lowest BCUT2D eigenvalue weighted by molar-refractivity contribution is -0.477. The van der Waals surface area contributed by atoms with E-state index in [4.69, 9.17) is 11.6 Å². The molecule has 0 radical (unpaired) electrons. The fraction of sp³-hybridized carbons (Fsp3) is 0.333. The van der Waals surface area contributed by atoms with Gasteiger partial charge in [-0.05, 0) is 31.4 Å². The van der Waals surface area contributed by atoms with Crippen LogP contribution in [-0.4, -0.2) is 9.94 Å². The van der Waals surface area contributed by atoms with Crippen LogP contribution in [0, 0.1) is 4.91 Å². The van der Waals surface area contributed by atoms with Crippen molar-refractivity contribution in [3.8, 4) is 0 Å². The van der Waals surface area contributed by atoms with Gasteiger partial charge in [0.2, 0.25) is 0 Å². The van der Waals surface area contributed by atoms with Gasteiger partial charge < -0.3 is 5.21 Å². The van der Waals surface area contributed by atoms with Crippen LogP contribution in [0.4, 0.5) is 0 Å². The number of rotatable bonds is 0.